The van der Waals surface area contributed by atoms with Crippen molar-refractivity contribution in [3.05, 3.63) is 42.2 Å². The van der Waals surface area contributed by atoms with Gasteiger partial charge in [-0.2, -0.15) is 4.37 Å². The van der Waals surface area contributed by atoms with Gasteiger partial charge in [-0.1, -0.05) is 45.2 Å². The number of aromatic nitrogens is 2. The second-order valence-corrected chi connectivity index (χ2v) is 3.21. The summed E-state index contributed by atoms with van der Waals surface area (Å²) >= 11 is 1.38. The lowest BCUT2D eigenvalue weighted by molar-refractivity contribution is 1.21. The SMILES string of the molecule is C=C/C=C\C(=C)c1nsc(C)n1.CC. The third kappa shape index (κ3) is 4.14. The van der Waals surface area contributed by atoms with Gasteiger partial charge < -0.3 is 0 Å². The highest BCUT2D eigenvalue weighted by Gasteiger charge is 2.00. The lowest BCUT2D eigenvalue weighted by atomic mass is 10.2. The van der Waals surface area contributed by atoms with Crippen molar-refractivity contribution in [3.8, 4) is 0 Å². The first-order chi connectivity index (χ1) is 6.74. The van der Waals surface area contributed by atoms with Crippen molar-refractivity contribution in [3.63, 3.8) is 0 Å². The second kappa shape index (κ2) is 7.21. The third-order valence-electron chi connectivity index (χ3n) is 1.25. The van der Waals surface area contributed by atoms with Crippen LogP contribution in [0.25, 0.3) is 5.57 Å². The second-order valence-electron chi connectivity index (χ2n) is 2.26. The number of nitrogens with zero attached hydrogens (tertiary/aromatic N) is 2. The largest absolute Gasteiger partial charge is 0.220 e. The number of hydrogen-bond acceptors (Lipinski definition) is 3. The molecule has 14 heavy (non-hydrogen) atoms. The molecule has 1 heterocycles. The first-order valence-electron chi connectivity index (χ1n) is 4.52. The van der Waals surface area contributed by atoms with Crippen molar-refractivity contribution < 1.29 is 0 Å². The molecule has 0 saturated heterocycles. The van der Waals surface area contributed by atoms with E-state index >= 15 is 0 Å². The van der Waals surface area contributed by atoms with E-state index in [1.165, 1.54) is 11.5 Å². The Morgan fingerprint density at radius 3 is 2.50 bits per heavy atom. The third-order valence-corrected chi connectivity index (χ3v) is 1.87. The van der Waals surface area contributed by atoms with Gasteiger partial charge in [-0.3, -0.25) is 0 Å². The summed E-state index contributed by atoms with van der Waals surface area (Å²) in [6.45, 7) is 13.3. The van der Waals surface area contributed by atoms with Crippen LogP contribution in [-0.4, -0.2) is 9.36 Å². The Kier molecular flexibility index (Phi) is 6.58. The van der Waals surface area contributed by atoms with E-state index in [2.05, 4.69) is 22.5 Å². The summed E-state index contributed by atoms with van der Waals surface area (Å²) < 4.78 is 4.11. The Morgan fingerprint density at radius 2 is 2.07 bits per heavy atom. The lowest BCUT2D eigenvalue weighted by Gasteiger charge is -1.88. The van der Waals surface area contributed by atoms with E-state index in [0.717, 1.165) is 10.6 Å². The molecule has 0 unspecified atom stereocenters. The molecule has 0 amide bonds. The van der Waals surface area contributed by atoms with Crippen molar-refractivity contribution in [1.29, 1.82) is 0 Å². The first-order valence-corrected chi connectivity index (χ1v) is 5.30. The molecule has 2 nitrogen and oxygen atoms in total. The maximum absolute atomic E-state index is 4.19. The zero-order chi connectivity index (χ0) is 11.0. The fraction of sp³-hybridized carbons (Fsp3) is 0.273. The van der Waals surface area contributed by atoms with Crippen LogP contribution in [0.1, 0.15) is 24.7 Å². The standard InChI is InChI=1S/C9H10N2S.C2H6/c1-4-5-6-7(2)9-10-8(3)12-11-9;1-2/h4-6H,1-2H2,3H3;1-2H3/b6-5-;. The molecule has 0 bridgehead atoms. The molecule has 1 rings (SSSR count). The Balaban J connectivity index is 0.000000791. The molecule has 0 fully saturated rings. The Bertz CT molecular complexity index is 324. The van der Waals surface area contributed by atoms with E-state index in [-0.39, 0.29) is 0 Å². The van der Waals surface area contributed by atoms with Crippen LogP contribution in [0, 0.1) is 6.92 Å². The molecule has 3 heteroatoms. The van der Waals surface area contributed by atoms with Gasteiger partial charge in [0.05, 0.1) is 0 Å². The molecule has 1 aromatic heterocycles. The van der Waals surface area contributed by atoms with Gasteiger partial charge in [-0.25, -0.2) is 4.98 Å². The maximum Gasteiger partial charge on any atom is 0.172 e. The maximum atomic E-state index is 4.19. The highest BCUT2D eigenvalue weighted by atomic mass is 32.1. The van der Waals surface area contributed by atoms with Crippen LogP contribution in [0.3, 0.4) is 0 Å². The number of aryl methyl sites for hydroxylation is 1. The molecule has 0 spiro atoms. The van der Waals surface area contributed by atoms with Gasteiger partial charge in [0.25, 0.3) is 0 Å². The molecule has 1 aromatic rings. The number of rotatable bonds is 3. The van der Waals surface area contributed by atoms with Gasteiger partial charge in [0.2, 0.25) is 0 Å². The summed E-state index contributed by atoms with van der Waals surface area (Å²) in [7, 11) is 0. The molecule has 0 atom stereocenters. The van der Waals surface area contributed by atoms with Gasteiger partial charge in [-0.05, 0) is 18.5 Å². The van der Waals surface area contributed by atoms with Gasteiger partial charge in [-0.15, -0.1) is 0 Å². The summed E-state index contributed by atoms with van der Waals surface area (Å²) in [5, 5.41) is 0.957. The van der Waals surface area contributed by atoms with E-state index < -0.39 is 0 Å². The zero-order valence-corrected chi connectivity index (χ0v) is 9.77. The Labute approximate surface area is 89.9 Å². The van der Waals surface area contributed by atoms with Crippen LogP contribution < -0.4 is 0 Å². The first kappa shape index (κ1) is 12.8. The topological polar surface area (TPSA) is 25.8 Å². The Hall–Kier alpha value is -1.22. The quantitative estimate of drug-likeness (QED) is 0.709. The fourth-order valence-electron chi connectivity index (χ4n) is 0.688. The van der Waals surface area contributed by atoms with Crippen molar-refractivity contribution in [2.75, 3.05) is 0 Å². The summed E-state index contributed by atoms with van der Waals surface area (Å²) in [5.41, 5.74) is 0.819. The van der Waals surface area contributed by atoms with Crippen molar-refractivity contribution in [2.45, 2.75) is 20.8 Å². The summed E-state index contributed by atoms with van der Waals surface area (Å²) in [4.78, 5) is 4.19. The van der Waals surface area contributed by atoms with E-state index in [0.29, 0.717) is 5.82 Å². The lowest BCUT2D eigenvalue weighted by Crippen LogP contribution is -1.81. The molecule has 76 valence electrons. The van der Waals surface area contributed by atoms with Crippen LogP contribution in [0.5, 0.6) is 0 Å². The van der Waals surface area contributed by atoms with Gasteiger partial charge >= 0.3 is 0 Å². The van der Waals surface area contributed by atoms with E-state index in [4.69, 9.17) is 0 Å². The normalized spacial score (nSPS) is 9.36. The van der Waals surface area contributed by atoms with Crippen molar-refractivity contribution in [1.82, 2.24) is 9.36 Å². The van der Waals surface area contributed by atoms with E-state index in [1.54, 1.807) is 6.08 Å². The molecule has 0 radical (unpaired) electrons. The smallest absolute Gasteiger partial charge is 0.172 e. The Morgan fingerprint density at radius 1 is 1.43 bits per heavy atom. The zero-order valence-electron chi connectivity index (χ0n) is 8.95. The minimum Gasteiger partial charge on any atom is -0.220 e. The minimum absolute atomic E-state index is 0.704. The minimum atomic E-state index is 0.704. The summed E-state index contributed by atoms with van der Waals surface area (Å²) in [6, 6.07) is 0. The molecular formula is C11H16N2S. The van der Waals surface area contributed by atoms with Crippen molar-refractivity contribution >= 4 is 17.1 Å². The average molecular weight is 208 g/mol. The predicted octanol–water partition coefficient (Wildman–Crippen LogP) is 3.63. The molecule has 0 aliphatic heterocycles. The number of hydrogen-bond donors (Lipinski definition) is 0. The van der Waals surface area contributed by atoms with Crippen LogP contribution in [0.4, 0.5) is 0 Å². The highest BCUT2D eigenvalue weighted by Crippen LogP contribution is 2.12. The number of allylic oxidation sites excluding steroid dienone is 4. The predicted molar refractivity (Wildman–Crippen MR) is 64.4 cm³/mol. The van der Waals surface area contributed by atoms with Gasteiger partial charge in [0, 0.05) is 5.57 Å². The molecule has 0 N–H and O–H groups in total. The highest BCUT2D eigenvalue weighted by molar-refractivity contribution is 7.05. The van der Waals surface area contributed by atoms with E-state index in [9.17, 15) is 0 Å². The van der Waals surface area contributed by atoms with Gasteiger partial charge in [0.1, 0.15) is 5.01 Å². The summed E-state index contributed by atoms with van der Waals surface area (Å²) in [6.07, 6.45) is 5.36. The van der Waals surface area contributed by atoms with Crippen LogP contribution >= 0.6 is 11.5 Å². The van der Waals surface area contributed by atoms with Gasteiger partial charge in [0.15, 0.2) is 5.82 Å². The van der Waals surface area contributed by atoms with Crippen LogP contribution in [0.15, 0.2) is 31.4 Å². The van der Waals surface area contributed by atoms with Crippen LogP contribution in [-0.2, 0) is 0 Å². The molecule has 0 saturated carbocycles. The fourth-order valence-corrected chi connectivity index (χ4v) is 1.19. The molecular weight excluding hydrogens is 192 g/mol. The summed E-state index contributed by atoms with van der Waals surface area (Å²) in [5.74, 6) is 0.704. The average Bonchev–Trinajstić information content (AvgIpc) is 2.64. The van der Waals surface area contributed by atoms with Crippen molar-refractivity contribution in [2.24, 2.45) is 0 Å². The van der Waals surface area contributed by atoms with E-state index in [1.807, 2.05) is 32.9 Å². The molecule has 0 aromatic carbocycles. The molecule has 0 aliphatic rings. The molecule has 0 aliphatic carbocycles. The monoisotopic (exact) mass is 208 g/mol. The van der Waals surface area contributed by atoms with Crippen LogP contribution in [0.2, 0.25) is 0 Å².